The minimum absolute atomic E-state index is 0.324. The van der Waals surface area contributed by atoms with Crippen LogP contribution in [-0.2, 0) is 4.74 Å². The molecule has 6 nitrogen and oxygen atoms in total. The van der Waals surface area contributed by atoms with Crippen LogP contribution in [-0.4, -0.2) is 47.8 Å². The number of ether oxygens (including phenoxy) is 3. The quantitative estimate of drug-likeness (QED) is 0.817. The number of nitrogens with zero attached hydrogens (tertiary/aromatic N) is 3. The molecule has 0 saturated carbocycles. The zero-order chi connectivity index (χ0) is 17.8. The summed E-state index contributed by atoms with van der Waals surface area (Å²) in [5.74, 6) is 2.06. The van der Waals surface area contributed by atoms with E-state index in [2.05, 4.69) is 9.88 Å². The monoisotopic (exact) mass is 355 g/mol. The molecule has 6 heteroatoms. The molecule has 0 bridgehead atoms. The molecule has 0 radical (unpaired) electrons. The molecule has 2 fully saturated rings. The Balaban J connectivity index is 1.49. The number of rotatable bonds is 5. The van der Waals surface area contributed by atoms with Gasteiger partial charge in [-0.1, -0.05) is 0 Å². The van der Waals surface area contributed by atoms with Gasteiger partial charge in [-0.05, 0) is 56.5 Å². The number of hydrogen-bond donors (Lipinski definition) is 0. The molecule has 0 N–H and O–H groups in total. The highest BCUT2D eigenvalue weighted by molar-refractivity contribution is 5.33. The molecule has 0 aliphatic carbocycles. The van der Waals surface area contributed by atoms with Crippen LogP contribution in [0.5, 0.6) is 17.4 Å². The zero-order valence-corrected chi connectivity index (χ0v) is 15.1. The van der Waals surface area contributed by atoms with E-state index >= 15 is 0 Å². The van der Waals surface area contributed by atoms with Crippen LogP contribution in [0.15, 0.2) is 36.7 Å². The molecule has 138 valence electrons. The van der Waals surface area contributed by atoms with Crippen molar-refractivity contribution in [3.63, 3.8) is 0 Å². The first-order valence-corrected chi connectivity index (χ1v) is 9.31. The lowest BCUT2D eigenvalue weighted by Crippen LogP contribution is -2.39. The van der Waals surface area contributed by atoms with Gasteiger partial charge in [-0.3, -0.25) is 9.88 Å². The predicted octanol–water partition coefficient (Wildman–Crippen LogP) is 3.59. The average molecular weight is 355 g/mol. The Hall–Kier alpha value is -2.18. The summed E-state index contributed by atoms with van der Waals surface area (Å²) >= 11 is 0. The fraction of sp³-hybridized carbons (Fsp3) is 0.500. The van der Waals surface area contributed by atoms with E-state index < -0.39 is 0 Å². The van der Waals surface area contributed by atoms with Crippen LogP contribution in [0.4, 0.5) is 0 Å². The Morgan fingerprint density at radius 1 is 1.04 bits per heavy atom. The second-order valence-electron chi connectivity index (χ2n) is 6.80. The largest absolute Gasteiger partial charge is 0.497 e. The third kappa shape index (κ3) is 3.81. The maximum Gasteiger partial charge on any atom is 0.238 e. The first-order valence-electron chi connectivity index (χ1n) is 9.31. The molecule has 0 spiro atoms. The van der Waals surface area contributed by atoms with Crippen molar-refractivity contribution >= 4 is 0 Å². The number of likely N-dealkylation sites (tertiary alicyclic amines) is 1. The standard InChI is InChI=1S/C20H25N3O3/c1-24-16-4-6-17(7-5-16)26-20-14-21-13-18(22-20)19-3-2-10-23(19)15-8-11-25-12-9-15/h4-7,13-15,19H,2-3,8-12H2,1H3. The van der Waals surface area contributed by atoms with Crippen LogP contribution in [0.2, 0.25) is 0 Å². The Morgan fingerprint density at radius 3 is 2.58 bits per heavy atom. The molecule has 2 saturated heterocycles. The minimum Gasteiger partial charge on any atom is -0.497 e. The number of hydrogen-bond acceptors (Lipinski definition) is 6. The van der Waals surface area contributed by atoms with Gasteiger partial charge in [0.1, 0.15) is 11.5 Å². The van der Waals surface area contributed by atoms with Crippen LogP contribution in [0, 0.1) is 0 Å². The van der Waals surface area contributed by atoms with Gasteiger partial charge in [-0.2, -0.15) is 0 Å². The lowest BCUT2D eigenvalue weighted by Gasteiger charge is -2.35. The summed E-state index contributed by atoms with van der Waals surface area (Å²) in [6.45, 7) is 2.85. The molecule has 1 atom stereocenters. The zero-order valence-electron chi connectivity index (χ0n) is 15.1. The lowest BCUT2D eigenvalue weighted by atomic mass is 10.0. The Bertz CT molecular complexity index is 716. The molecule has 26 heavy (non-hydrogen) atoms. The summed E-state index contributed by atoms with van der Waals surface area (Å²) in [5, 5.41) is 0. The Labute approximate surface area is 154 Å². The highest BCUT2D eigenvalue weighted by Gasteiger charge is 2.33. The molecule has 1 unspecified atom stereocenters. The van der Waals surface area contributed by atoms with Crippen molar-refractivity contribution in [3.8, 4) is 17.4 Å². The van der Waals surface area contributed by atoms with E-state index in [4.69, 9.17) is 19.2 Å². The van der Waals surface area contributed by atoms with Gasteiger partial charge in [0.05, 0.1) is 31.2 Å². The molecular weight excluding hydrogens is 330 g/mol. The summed E-state index contributed by atoms with van der Waals surface area (Å²) in [4.78, 5) is 11.7. The van der Waals surface area contributed by atoms with Gasteiger partial charge in [0.25, 0.3) is 0 Å². The van der Waals surface area contributed by atoms with Crippen LogP contribution in [0.1, 0.15) is 37.4 Å². The maximum atomic E-state index is 5.89. The smallest absolute Gasteiger partial charge is 0.238 e. The first-order chi connectivity index (χ1) is 12.8. The van der Waals surface area contributed by atoms with Crippen molar-refractivity contribution in [1.82, 2.24) is 14.9 Å². The number of benzene rings is 1. The first kappa shape index (κ1) is 17.2. The molecule has 0 amide bonds. The second-order valence-corrected chi connectivity index (χ2v) is 6.80. The summed E-state index contributed by atoms with van der Waals surface area (Å²) in [5.41, 5.74) is 1.00. The van der Waals surface area contributed by atoms with Crippen LogP contribution in [0.3, 0.4) is 0 Å². The number of aromatic nitrogens is 2. The summed E-state index contributed by atoms with van der Waals surface area (Å²) in [6.07, 6.45) is 8.08. The molecular formula is C20H25N3O3. The molecule has 2 aliphatic heterocycles. The predicted molar refractivity (Wildman–Crippen MR) is 97.6 cm³/mol. The third-order valence-electron chi connectivity index (χ3n) is 5.21. The van der Waals surface area contributed by atoms with Crippen molar-refractivity contribution in [3.05, 3.63) is 42.4 Å². The van der Waals surface area contributed by atoms with E-state index in [0.717, 1.165) is 56.2 Å². The Morgan fingerprint density at radius 2 is 1.81 bits per heavy atom. The van der Waals surface area contributed by atoms with E-state index in [-0.39, 0.29) is 0 Å². The molecule has 1 aromatic carbocycles. The fourth-order valence-electron chi connectivity index (χ4n) is 3.90. The van der Waals surface area contributed by atoms with Crippen LogP contribution < -0.4 is 9.47 Å². The van der Waals surface area contributed by atoms with E-state index in [1.54, 1.807) is 13.3 Å². The van der Waals surface area contributed by atoms with Crippen molar-refractivity contribution in [2.24, 2.45) is 0 Å². The van der Waals surface area contributed by atoms with E-state index in [9.17, 15) is 0 Å². The average Bonchev–Trinajstić information content (AvgIpc) is 3.19. The molecule has 3 heterocycles. The summed E-state index contributed by atoms with van der Waals surface area (Å²) in [6, 6.07) is 8.40. The minimum atomic E-state index is 0.324. The van der Waals surface area contributed by atoms with Crippen molar-refractivity contribution in [2.75, 3.05) is 26.9 Å². The maximum absolute atomic E-state index is 5.89. The van der Waals surface area contributed by atoms with Gasteiger partial charge in [-0.15, -0.1) is 0 Å². The van der Waals surface area contributed by atoms with Gasteiger partial charge in [-0.25, -0.2) is 4.98 Å². The van der Waals surface area contributed by atoms with Gasteiger partial charge < -0.3 is 14.2 Å². The topological polar surface area (TPSA) is 56.7 Å². The highest BCUT2D eigenvalue weighted by atomic mass is 16.5. The third-order valence-corrected chi connectivity index (χ3v) is 5.21. The van der Waals surface area contributed by atoms with Gasteiger partial charge in [0.15, 0.2) is 0 Å². The Kier molecular flexibility index (Phi) is 5.32. The molecule has 2 aliphatic rings. The van der Waals surface area contributed by atoms with Crippen LogP contribution >= 0.6 is 0 Å². The summed E-state index contributed by atoms with van der Waals surface area (Å²) in [7, 11) is 1.65. The fourth-order valence-corrected chi connectivity index (χ4v) is 3.90. The van der Waals surface area contributed by atoms with E-state index in [1.807, 2.05) is 30.5 Å². The molecule has 2 aromatic rings. The lowest BCUT2D eigenvalue weighted by molar-refractivity contribution is 0.0284. The van der Waals surface area contributed by atoms with E-state index in [1.165, 1.54) is 6.42 Å². The number of methoxy groups -OCH3 is 1. The van der Waals surface area contributed by atoms with Crippen molar-refractivity contribution < 1.29 is 14.2 Å². The summed E-state index contributed by atoms with van der Waals surface area (Å²) < 4.78 is 16.6. The van der Waals surface area contributed by atoms with Crippen molar-refractivity contribution in [1.29, 1.82) is 0 Å². The normalized spacial score (nSPS) is 21.7. The second kappa shape index (κ2) is 8.01. The van der Waals surface area contributed by atoms with Gasteiger partial charge in [0.2, 0.25) is 5.88 Å². The van der Waals surface area contributed by atoms with Gasteiger partial charge >= 0.3 is 0 Å². The highest BCUT2D eigenvalue weighted by Crippen LogP contribution is 2.35. The van der Waals surface area contributed by atoms with E-state index in [0.29, 0.717) is 18.0 Å². The van der Waals surface area contributed by atoms with Gasteiger partial charge in [0, 0.05) is 19.3 Å². The molecule has 4 rings (SSSR count). The SMILES string of the molecule is COc1ccc(Oc2cncc(C3CCCN3C3CCOCC3)n2)cc1. The van der Waals surface area contributed by atoms with Crippen LogP contribution in [0.25, 0.3) is 0 Å². The molecule has 1 aromatic heterocycles. The van der Waals surface area contributed by atoms with Crippen molar-refractivity contribution in [2.45, 2.75) is 37.8 Å².